The number of carbonyl (C=O) groups is 3. The summed E-state index contributed by atoms with van der Waals surface area (Å²) in [4.78, 5) is 47.9. The van der Waals surface area contributed by atoms with Gasteiger partial charge in [0.1, 0.15) is 6.61 Å². The number of benzene rings is 1. The molecule has 41 heavy (non-hydrogen) atoms. The van der Waals surface area contributed by atoms with Crippen LogP contribution in [0.5, 0.6) is 11.5 Å². The number of aromatic nitrogens is 3. The number of rotatable bonds is 4. The molecule has 0 unspecified atom stereocenters. The number of aryl methyl sites for hydroxylation is 3. The van der Waals surface area contributed by atoms with E-state index in [-0.39, 0.29) is 36.7 Å². The van der Waals surface area contributed by atoms with Crippen molar-refractivity contribution in [1.29, 1.82) is 0 Å². The van der Waals surface area contributed by atoms with Gasteiger partial charge in [-0.2, -0.15) is 5.10 Å². The molecule has 12 heteroatoms. The van der Waals surface area contributed by atoms with E-state index in [1.807, 2.05) is 37.4 Å². The van der Waals surface area contributed by atoms with Gasteiger partial charge in [0.2, 0.25) is 11.8 Å². The number of thiazole rings is 1. The highest BCUT2D eigenvalue weighted by Crippen LogP contribution is 2.38. The average molecular weight is 581 g/mol. The zero-order chi connectivity index (χ0) is 29.1. The molecule has 1 fully saturated rings. The van der Waals surface area contributed by atoms with Gasteiger partial charge in [0.25, 0.3) is 5.91 Å². The minimum atomic E-state index is -0.422. The summed E-state index contributed by atoms with van der Waals surface area (Å²) in [6, 6.07) is 7.42. The third kappa shape index (κ3) is 6.37. The first-order valence-electron chi connectivity index (χ1n) is 13.8. The molecular weight excluding hydrogens is 544 g/mol. The molecule has 2 aliphatic rings. The maximum atomic E-state index is 13.5. The number of ether oxygens (including phenoxy) is 2. The summed E-state index contributed by atoms with van der Waals surface area (Å²) in [6.45, 7) is 6.02. The molecule has 2 atom stereocenters. The van der Waals surface area contributed by atoms with Crippen LogP contribution in [0.3, 0.4) is 0 Å². The van der Waals surface area contributed by atoms with Crippen molar-refractivity contribution < 1.29 is 23.9 Å². The van der Waals surface area contributed by atoms with Crippen LogP contribution in [-0.4, -0.2) is 88.7 Å². The maximum Gasteiger partial charge on any atom is 0.274 e. The summed E-state index contributed by atoms with van der Waals surface area (Å²) < 4.78 is 13.4. The molecule has 0 saturated carbocycles. The zero-order valence-corrected chi connectivity index (χ0v) is 24.7. The van der Waals surface area contributed by atoms with Crippen molar-refractivity contribution in [2.45, 2.75) is 32.6 Å². The first-order valence-corrected chi connectivity index (χ1v) is 14.7. The van der Waals surface area contributed by atoms with Gasteiger partial charge in [0, 0.05) is 50.2 Å². The van der Waals surface area contributed by atoms with Crippen molar-refractivity contribution in [2.75, 3.05) is 46.4 Å². The van der Waals surface area contributed by atoms with Gasteiger partial charge in [-0.15, -0.1) is 11.3 Å². The number of methoxy groups -OCH3 is 1. The summed E-state index contributed by atoms with van der Waals surface area (Å²) in [7, 11) is 3.38. The van der Waals surface area contributed by atoms with E-state index in [2.05, 4.69) is 15.4 Å². The van der Waals surface area contributed by atoms with Crippen molar-refractivity contribution in [1.82, 2.24) is 29.9 Å². The third-order valence-corrected chi connectivity index (χ3v) is 8.59. The minimum Gasteiger partial charge on any atom is -0.493 e. The first-order chi connectivity index (χ1) is 19.7. The monoisotopic (exact) mass is 580 g/mol. The molecule has 4 heterocycles. The summed E-state index contributed by atoms with van der Waals surface area (Å²) in [6.07, 6.45) is 0.781. The summed E-state index contributed by atoms with van der Waals surface area (Å²) >= 11 is 1.52. The number of likely N-dealkylation sites (tertiary alicyclic amines) is 1. The molecule has 1 aromatic carbocycles. The van der Waals surface area contributed by atoms with Crippen molar-refractivity contribution in [3.8, 4) is 11.5 Å². The molecular formula is C29H36N6O5S. The van der Waals surface area contributed by atoms with Crippen LogP contribution in [0.25, 0.3) is 0 Å². The number of fused-ring (bicyclic) bond motifs is 4. The lowest BCUT2D eigenvalue weighted by molar-refractivity contribution is -0.130. The van der Waals surface area contributed by atoms with Gasteiger partial charge < -0.3 is 24.6 Å². The van der Waals surface area contributed by atoms with E-state index in [0.29, 0.717) is 56.3 Å². The smallest absolute Gasteiger partial charge is 0.274 e. The molecule has 2 aromatic heterocycles. The van der Waals surface area contributed by atoms with Crippen LogP contribution in [0.15, 0.2) is 29.6 Å². The topological polar surface area (TPSA) is 119 Å². The highest BCUT2D eigenvalue weighted by Gasteiger charge is 2.40. The fourth-order valence-corrected chi connectivity index (χ4v) is 6.04. The number of nitrogens with one attached hydrogen (secondary N) is 1. The van der Waals surface area contributed by atoms with Gasteiger partial charge in [-0.05, 0) is 44.0 Å². The molecule has 2 aliphatic heterocycles. The van der Waals surface area contributed by atoms with Crippen molar-refractivity contribution in [2.24, 2.45) is 13.0 Å². The number of amides is 3. The second kappa shape index (κ2) is 12.3. The first kappa shape index (κ1) is 28.6. The third-order valence-electron chi connectivity index (χ3n) is 7.77. The Bertz CT molecular complexity index is 1420. The van der Waals surface area contributed by atoms with E-state index >= 15 is 0 Å². The SMILES string of the molecule is COc1ccc2cc1OCCN(C(=O)c1cc(C)n(C)n1)CCCNC(=O)[C@H]1CN(C(=O)Cc3csc(C)n3)C[C@H]21. The van der Waals surface area contributed by atoms with Crippen LogP contribution in [0.1, 0.15) is 44.8 Å². The predicted octanol–water partition coefficient (Wildman–Crippen LogP) is 2.33. The Balaban J connectivity index is 1.37. The molecule has 3 amide bonds. The fraction of sp³-hybridized carbons (Fsp3) is 0.483. The van der Waals surface area contributed by atoms with E-state index < -0.39 is 5.92 Å². The molecule has 0 radical (unpaired) electrons. The van der Waals surface area contributed by atoms with E-state index in [9.17, 15) is 14.4 Å². The quantitative estimate of drug-likeness (QED) is 0.503. The minimum absolute atomic E-state index is 0.0441. The Kier molecular flexibility index (Phi) is 8.57. The van der Waals surface area contributed by atoms with Crippen LogP contribution in [0.2, 0.25) is 0 Å². The van der Waals surface area contributed by atoms with Crippen molar-refractivity contribution in [3.05, 3.63) is 57.3 Å². The predicted molar refractivity (Wildman–Crippen MR) is 153 cm³/mol. The van der Waals surface area contributed by atoms with Gasteiger partial charge in [-0.3, -0.25) is 19.1 Å². The van der Waals surface area contributed by atoms with Crippen LogP contribution in [-0.2, 0) is 23.1 Å². The van der Waals surface area contributed by atoms with E-state index in [1.54, 1.807) is 34.7 Å². The number of carbonyl (C=O) groups excluding carboxylic acids is 3. The second-order valence-electron chi connectivity index (χ2n) is 10.5. The van der Waals surface area contributed by atoms with E-state index in [0.717, 1.165) is 22.0 Å². The fourth-order valence-electron chi connectivity index (χ4n) is 5.42. The van der Waals surface area contributed by atoms with E-state index in [1.165, 1.54) is 11.3 Å². The van der Waals surface area contributed by atoms with Gasteiger partial charge in [-0.25, -0.2) is 4.98 Å². The van der Waals surface area contributed by atoms with Crippen molar-refractivity contribution >= 4 is 29.1 Å². The van der Waals surface area contributed by atoms with Gasteiger partial charge >= 0.3 is 0 Å². The number of nitrogens with zero attached hydrogens (tertiary/aromatic N) is 5. The summed E-state index contributed by atoms with van der Waals surface area (Å²) in [5.74, 6) is 0.139. The molecule has 11 nitrogen and oxygen atoms in total. The van der Waals surface area contributed by atoms with Crippen LogP contribution < -0.4 is 14.8 Å². The van der Waals surface area contributed by atoms with Crippen LogP contribution >= 0.6 is 11.3 Å². The average Bonchev–Trinajstić information content (AvgIpc) is 3.67. The Morgan fingerprint density at radius 2 is 1.95 bits per heavy atom. The highest BCUT2D eigenvalue weighted by atomic mass is 32.1. The Morgan fingerprint density at radius 1 is 1.15 bits per heavy atom. The number of hydrogen-bond donors (Lipinski definition) is 1. The Labute approximate surface area is 243 Å². The molecule has 1 N–H and O–H groups in total. The number of hydrogen-bond acceptors (Lipinski definition) is 8. The Morgan fingerprint density at radius 3 is 2.66 bits per heavy atom. The largest absolute Gasteiger partial charge is 0.493 e. The summed E-state index contributed by atoms with van der Waals surface area (Å²) in [5.41, 5.74) is 2.91. The normalized spacial score (nSPS) is 19.7. The van der Waals surface area contributed by atoms with Crippen molar-refractivity contribution in [3.63, 3.8) is 0 Å². The van der Waals surface area contributed by atoms with Crippen LogP contribution in [0.4, 0.5) is 0 Å². The molecule has 2 bridgehead atoms. The van der Waals surface area contributed by atoms with E-state index in [4.69, 9.17) is 9.47 Å². The molecule has 0 spiro atoms. The second-order valence-corrected chi connectivity index (χ2v) is 11.6. The van der Waals surface area contributed by atoms with Gasteiger partial charge in [0.15, 0.2) is 17.2 Å². The highest BCUT2D eigenvalue weighted by molar-refractivity contribution is 7.09. The lowest BCUT2D eigenvalue weighted by Gasteiger charge is -2.24. The summed E-state index contributed by atoms with van der Waals surface area (Å²) in [5, 5.41) is 10.2. The molecule has 1 saturated heterocycles. The Hall–Kier alpha value is -3.93. The molecule has 0 aliphatic carbocycles. The lowest BCUT2D eigenvalue weighted by Crippen LogP contribution is -2.39. The maximum absolute atomic E-state index is 13.5. The lowest BCUT2D eigenvalue weighted by atomic mass is 9.88. The van der Waals surface area contributed by atoms with Gasteiger partial charge in [-0.1, -0.05) is 6.07 Å². The molecule has 218 valence electrons. The zero-order valence-electron chi connectivity index (χ0n) is 23.9. The molecule has 3 aromatic rings. The molecule has 5 rings (SSSR count). The van der Waals surface area contributed by atoms with Crippen LogP contribution in [0, 0.1) is 19.8 Å². The standard InChI is InChI=1S/C29H36N6O5S/c1-18-12-24(32-33(18)3)29(38)34-9-5-8-30-28(37)23-16-35(27(36)14-21-17-41-19(2)31-21)15-22(23)20-6-7-25(39-4)26(13-20)40-11-10-34/h6-7,12-13,17,22-23H,5,8-11,14-16H2,1-4H3,(H,30,37)/t22-,23+/m1/s1. The van der Waals surface area contributed by atoms with Gasteiger partial charge in [0.05, 0.1) is 36.7 Å².